The third kappa shape index (κ3) is 5.31. The first-order chi connectivity index (χ1) is 14.2. The number of carbonyl (C=O) groups is 1. The number of benzene rings is 1. The number of aromatic nitrogens is 1. The summed E-state index contributed by atoms with van der Waals surface area (Å²) >= 11 is 0. The van der Waals surface area contributed by atoms with Gasteiger partial charge in [-0.2, -0.15) is 0 Å². The summed E-state index contributed by atoms with van der Waals surface area (Å²) in [4.78, 5) is 23.4. The van der Waals surface area contributed by atoms with Crippen LogP contribution in [0.3, 0.4) is 0 Å². The van der Waals surface area contributed by atoms with Crippen LogP contribution in [0.1, 0.15) is 18.4 Å². The number of anilines is 1. The van der Waals surface area contributed by atoms with E-state index in [1.165, 1.54) is 5.56 Å². The maximum absolute atomic E-state index is 13.0. The van der Waals surface area contributed by atoms with Gasteiger partial charge >= 0.3 is 6.03 Å². The van der Waals surface area contributed by atoms with Crippen molar-refractivity contribution < 1.29 is 9.53 Å². The molecule has 2 aromatic rings. The SMILES string of the molecule is CN(C(=O)N1CCOC2(CCN(CCc3ccccc3)CC2)C1)c1ccccn1.Cl. The number of pyridine rings is 1. The highest BCUT2D eigenvalue weighted by Gasteiger charge is 2.41. The Morgan fingerprint density at radius 1 is 1.10 bits per heavy atom. The highest BCUT2D eigenvalue weighted by atomic mass is 35.5. The van der Waals surface area contributed by atoms with Gasteiger partial charge in [0.25, 0.3) is 0 Å². The molecule has 7 heteroatoms. The Balaban J connectivity index is 0.00000256. The number of hydrogen-bond acceptors (Lipinski definition) is 4. The Labute approximate surface area is 185 Å². The number of hydrogen-bond donors (Lipinski definition) is 0. The van der Waals surface area contributed by atoms with Crippen molar-refractivity contribution in [3.8, 4) is 0 Å². The molecule has 30 heavy (non-hydrogen) atoms. The first-order valence-electron chi connectivity index (χ1n) is 10.5. The maximum atomic E-state index is 13.0. The van der Waals surface area contributed by atoms with Crippen LogP contribution in [0.4, 0.5) is 10.6 Å². The molecule has 0 N–H and O–H groups in total. The van der Waals surface area contributed by atoms with Crippen LogP contribution in [-0.2, 0) is 11.2 Å². The number of piperidine rings is 1. The molecule has 3 heterocycles. The third-order valence-corrected chi connectivity index (χ3v) is 6.13. The average molecular weight is 431 g/mol. The van der Waals surface area contributed by atoms with Gasteiger partial charge < -0.3 is 14.5 Å². The number of nitrogens with zero attached hydrogens (tertiary/aromatic N) is 4. The van der Waals surface area contributed by atoms with Gasteiger partial charge in [0.1, 0.15) is 5.82 Å². The van der Waals surface area contributed by atoms with Crippen molar-refractivity contribution in [2.45, 2.75) is 24.9 Å². The van der Waals surface area contributed by atoms with E-state index in [2.05, 4.69) is 40.2 Å². The molecule has 0 atom stereocenters. The van der Waals surface area contributed by atoms with Crippen molar-refractivity contribution in [1.82, 2.24) is 14.8 Å². The number of morpholine rings is 1. The van der Waals surface area contributed by atoms with Crippen molar-refractivity contribution in [3.05, 3.63) is 60.3 Å². The van der Waals surface area contributed by atoms with Gasteiger partial charge in [0.2, 0.25) is 0 Å². The first-order valence-corrected chi connectivity index (χ1v) is 10.5. The Kier molecular flexibility index (Phi) is 7.69. The second-order valence-corrected chi connectivity index (χ2v) is 8.06. The number of ether oxygens (including phenoxy) is 1. The third-order valence-electron chi connectivity index (χ3n) is 6.13. The van der Waals surface area contributed by atoms with Gasteiger partial charge in [0.05, 0.1) is 18.8 Å². The van der Waals surface area contributed by atoms with E-state index in [9.17, 15) is 4.79 Å². The summed E-state index contributed by atoms with van der Waals surface area (Å²) in [7, 11) is 1.79. The smallest absolute Gasteiger partial charge is 0.325 e. The molecule has 0 bridgehead atoms. The molecule has 0 aliphatic carbocycles. The van der Waals surface area contributed by atoms with E-state index < -0.39 is 0 Å². The van der Waals surface area contributed by atoms with Crippen LogP contribution in [-0.4, -0.2) is 72.8 Å². The number of halogens is 1. The lowest BCUT2D eigenvalue weighted by molar-refractivity contribution is -0.125. The molecule has 6 nitrogen and oxygen atoms in total. The van der Waals surface area contributed by atoms with Crippen molar-refractivity contribution in [1.29, 1.82) is 0 Å². The molecule has 2 saturated heterocycles. The van der Waals surface area contributed by atoms with Crippen molar-refractivity contribution in [2.75, 3.05) is 51.3 Å². The molecule has 0 saturated carbocycles. The van der Waals surface area contributed by atoms with Crippen LogP contribution in [0.2, 0.25) is 0 Å². The Morgan fingerprint density at radius 2 is 1.83 bits per heavy atom. The van der Waals surface area contributed by atoms with E-state index in [4.69, 9.17) is 4.74 Å². The number of urea groups is 1. The zero-order valence-corrected chi connectivity index (χ0v) is 18.4. The average Bonchev–Trinajstić information content (AvgIpc) is 2.79. The number of carbonyl (C=O) groups excluding carboxylic acids is 1. The molecule has 1 aromatic heterocycles. The van der Waals surface area contributed by atoms with E-state index in [-0.39, 0.29) is 24.0 Å². The molecule has 2 aliphatic rings. The zero-order valence-electron chi connectivity index (χ0n) is 17.6. The van der Waals surface area contributed by atoms with Gasteiger partial charge in [-0.3, -0.25) is 4.90 Å². The largest absolute Gasteiger partial charge is 0.371 e. The van der Waals surface area contributed by atoms with Gasteiger partial charge in [-0.1, -0.05) is 36.4 Å². The van der Waals surface area contributed by atoms with E-state index in [1.54, 1.807) is 18.1 Å². The summed E-state index contributed by atoms with van der Waals surface area (Å²) in [6, 6.07) is 16.3. The van der Waals surface area contributed by atoms with Gasteiger partial charge in [-0.15, -0.1) is 12.4 Å². The van der Waals surface area contributed by atoms with Crippen LogP contribution >= 0.6 is 12.4 Å². The summed E-state index contributed by atoms with van der Waals surface area (Å²) < 4.78 is 6.23. The summed E-state index contributed by atoms with van der Waals surface area (Å²) in [5, 5.41) is 0. The Bertz CT molecular complexity index is 797. The summed E-state index contributed by atoms with van der Waals surface area (Å²) in [5.74, 6) is 0.675. The molecule has 1 spiro atoms. The van der Waals surface area contributed by atoms with Crippen LogP contribution < -0.4 is 4.90 Å². The molecule has 1 aromatic carbocycles. The van der Waals surface area contributed by atoms with Crippen LogP contribution in [0, 0.1) is 0 Å². The summed E-state index contributed by atoms with van der Waals surface area (Å²) in [5.41, 5.74) is 1.18. The predicted octanol–water partition coefficient (Wildman–Crippen LogP) is 3.47. The van der Waals surface area contributed by atoms with Crippen molar-refractivity contribution >= 4 is 24.3 Å². The second kappa shape index (κ2) is 10.2. The second-order valence-electron chi connectivity index (χ2n) is 8.06. The Hall–Kier alpha value is -2.15. The van der Waals surface area contributed by atoms with Crippen molar-refractivity contribution in [3.63, 3.8) is 0 Å². The molecule has 0 unspecified atom stereocenters. The van der Waals surface area contributed by atoms with E-state index >= 15 is 0 Å². The summed E-state index contributed by atoms with van der Waals surface area (Å²) in [6.07, 6.45) is 4.73. The predicted molar refractivity (Wildman–Crippen MR) is 121 cm³/mol. The van der Waals surface area contributed by atoms with E-state index in [0.29, 0.717) is 25.5 Å². The van der Waals surface area contributed by atoms with Crippen LogP contribution in [0.5, 0.6) is 0 Å². The molecule has 2 fully saturated rings. The molecule has 2 aliphatic heterocycles. The lowest BCUT2D eigenvalue weighted by Crippen LogP contribution is -2.59. The number of likely N-dealkylation sites (tertiary alicyclic amines) is 1. The molecular formula is C23H31ClN4O2. The molecule has 4 rings (SSSR count). The van der Waals surface area contributed by atoms with Gasteiger partial charge in [-0.25, -0.2) is 9.78 Å². The van der Waals surface area contributed by atoms with Gasteiger partial charge in [0, 0.05) is 39.4 Å². The molecule has 2 amide bonds. The van der Waals surface area contributed by atoms with Gasteiger partial charge in [0.15, 0.2) is 0 Å². The van der Waals surface area contributed by atoms with E-state index in [0.717, 1.165) is 38.9 Å². The lowest BCUT2D eigenvalue weighted by atomic mass is 9.89. The highest BCUT2D eigenvalue weighted by molar-refractivity contribution is 5.90. The van der Waals surface area contributed by atoms with Crippen molar-refractivity contribution in [2.24, 2.45) is 0 Å². The minimum Gasteiger partial charge on any atom is -0.371 e. The zero-order chi connectivity index (χ0) is 20.1. The first kappa shape index (κ1) is 22.5. The fourth-order valence-corrected chi connectivity index (χ4v) is 4.29. The lowest BCUT2D eigenvalue weighted by Gasteiger charge is -2.47. The normalized spacial score (nSPS) is 18.6. The molecule has 162 valence electrons. The maximum Gasteiger partial charge on any atom is 0.325 e. The molecular weight excluding hydrogens is 400 g/mol. The quantitative estimate of drug-likeness (QED) is 0.745. The number of rotatable bonds is 4. The highest BCUT2D eigenvalue weighted by Crippen LogP contribution is 2.31. The van der Waals surface area contributed by atoms with Crippen LogP contribution in [0.25, 0.3) is 0 Å². The van der Waals surface area contributed by atoms with E-state index in [1.807, 2.05) is 23.1 Å². The fraction of sp³-hybridized carbons (Fsp3) is 0.478. The Morgan fingerprint density at radius 3 is 2.53 bits per heavy atom. The van der Waals surface area contributed by atoms with Crippen LogP contribution in [0.15, 0.2) is 54.7 Å². The fourth-order valence-electron chi connectivity index (χ4n) is 4.29. The number of amides is 2. The minimum absolute atomic E-state index is 0. The summed E-state index contributed by atoms with van der Waals surface area (Å²) in [6.45, 7) is 5.01. The monoisotopic (exact) mass is 430 g/mol. The van der Waals surface area contributed by atoms with Gasteiger partial charge in [-0.05, 0) is 37.0 Å². The molecule has 0 radical (unpaired) electrons. The minimum atomic E-state index is -0.206. The standard InChI is InChI=1S/C23H30N4O2.ClH/c1-25(21-9-5-6-13-24-21)22(28)27-17-18-29-23(19-27)11-15-26(16-12-23)14-10-20-7-3-2-4-8-20;/h2-9,13H,10-12,14-19H2,1H3;1H. The topological polar surface area (TPSA) is 48.9 Å².